The highest BCUT2D eigenvalue weighted by Crippen LogP contribution is 2.44. The van der Waals surface area contributed by atoms with E-state index in [-0.39, 0.29) is 36.0 Å². The average Bonchev–Trinajstić information content (AvgIpc) is 3.26. The van der Waals surface area contributed by atoms with Gasteiger partial charge >= 0.3 is 12.4 Å². The first-order valence-corrected chi connectivity index (χ1v) is 10.3. The number of hydrogen-bond acceptors (Lipinski definition) is 2. The van der Waals surface area contributed by atoms with E-state index in [0.717, 1.165) is 0 Å². The van der Waals surface area contributed by atoms with Crippen molar-refractivity contribution in [2.75, 3.05) is 6.54 Å². The van der Waals surface area contributed by atoms with Gasteiger partial charge in [0, 0.05) is 24.9 Å². The Bertz CT molecular complexity index is 1000. The van der Waals surface area contributed by atoms with Gasteiger partial charge in [-0.05, 0) is 54.8 Å². The lowest BCUT2D eigenvalue weighted by molar-refractivity contribution is -0.143. The van der Waals surface area contributed by atoms with Crippen LogP contribution < -0.4 is 0 Å². The van der Waals surface area contributed by atoms with Gasteiger partial charge in [-0.25, -0.2) is 4.39 Å². The molecule has 2 aliphatic rings. The van der Waals surface area contributed by atoms with E-state index in [9.17, 15) is 35.5 Å². The summed E-state index contributed by atoms with van der Waals surface area (Å²) in [5.74, 6) is -0.928. The molecule has 178 valence electrons. The molecule has 10 heteroatoms. The molecular weight excluding hydrogens is 455 g/mol. The number of benzene rings is 2. The number of hydrogen-bond donors (Lipinski definition) is 0. The van der Waals surface area contributed by atoms with Crippen LogP contribution in [0.4, 0.5) is 30.7 Å². The van der Waals surface area contributed by atoms with Crippen molar-refractivity contribution in [3.8, 4) is 0 Å². The van der Waals surface area contributed by atoms with Crippen molar-refractivity contribution < 1.29 is 40.3 Å². The Kier molecular flexibility index (Phi) is 5.92. The van der Waals surface area contributed by atoms with Gasteiger partial charge in [0.1, 0.15) is 5.82 Å². The van der Waals surface area contributed by atoms with Gasteiger partial charge in [-0.15, -0.1) is 0 Å². The summed E-state index contributed by atoms with van der Waals surface area (Å²) in [4.78, 5) is 13.9. The van der Waals surface area contributed by atoms with Crippen LogP contribution >= 0.6 is 0 Å². The largest absolute Gasteiger partial charge is 0.416 e. The highest BCUT2D eigenvalue weighted by Gasteiger charge is 2.49. The van der Waals surface area contributed by atoms with Crippen molar-refractivity contribution in [2.45, 2.75) is 56.3 Å². The number of carbonyl (C=O) groups is 1. The van der Waals surface area contributed by atoms with Gasteiger partial charge in [0.25, 0.3) is 0 Å². The topological polar surface area (TPSA) is 29.5 Å². The molecule has 0 aliphatic carbocycles. The molecule has 0 N–H and O–H groups in total. The number of ether oxygens (including phenoxy) is 1. The highest BCUT2D eigenvalue weighted by atomic mass is 19.4. The Morgan fingerprint density at radius 2 is 1.55 bits per heavy atom. The van der Waals surface area contributed by atoms with E-state index in [4.69, 9.17) is 4.74 Å². The molecule has 2 aromatic carbocycles. The molecule has 0 radical (unpaired) electrons. The van der Waals surface area contributed by atoms with Crippen LogP contribution in [-0.2, 0) is 21.9 Å². The number of carbonyl (C=O) groups excluding carboxylic acids is 1. The lowest BCUT2D eigenvalue weighted by Crippen LogP contribution is -2.29. The molecule has 0 aromatic heterocycles. The summed E-state index contributed by atoms with van der Waals surface area (Å²) in [7, 11) is 0. The van der Waals surface area contributed by atoms with E-state index >= 15 is 0 Å². The molecule has 3 nitrogen and oxygen atoms in total. The lowest BCUT2D eigenvalue weighted by atomic mass is 9.88. The Morgan fingerprint density at radius 1 is 0.970 bits per heavy atom. The maximum Gasteiger partial charge on any atom is 0.416 e. The summed E-state index contributed by atoms with van der Waals surface area (Å²) >= 11 is 0. The van der Waals surface area contributed by atoms with Crippen LogP contribution in [0.15, 0.2) is 42.5 Å². The van der Waals surface area contributed by atoms with E-state index in [1.54, 1.807) is 17.0 Å². The molecule has 2 heterocycles. The fourth-order valence-electron chi connectivity index (χ4n) is 4.73. The molecule has 4 rings (SSSR count). The first kappa shape index (κ1) is 23.5. The molecule has 33 heavy (non-hydrogen) atoms. The number of rotatable bonds is 4. The molecule has 0 bridgehead atoms. The zero-order valence-corrected chi connectivity index (χ0v) is 17.4. The first-order chi connectivity index (χ1) is 15.3. The fraction of sp³-hybridized carbons (Fsp3) is 0.435. The van der Waals surface area contributed by atoms with Crippen LogP contribution in [0.25, 0.3) is 0 Å². The van der Waals surface area contributed by atoms with E-state index in [2.05, 4.69) is 0 Å². The van der Waals surface area contributed by atoms with E-state index in [0.29, 0.717) is 30.5 Å². The standard InChI is InChI=1S/C23H20F7NO2/c1-12(14-8-15(22(25,26)27)10-16(9-14)23(28,29)30)33-19-11-31-18(6-7-20(31)32)21(19)13-2-4-17(24)5-3-13/h2-5,8-10,12,18-19,21H,6-7,11H2,1H3/t12-,18?,19+,21+/m1/s1. The van der Waals surface area contributed by atoms with Gasteiger partial charge in [0.15, 0.2) is 0 Å². The molecule has 4 atom stereocenters. The summed E-state index contributed by atoms with van der Waals surface area (Å²) in [5.41, 5.74) is -2.41. The predicted molar refractivity (Wildman–Crippen MR) is 104 cm³/mol. The molecule has 1 amide bonds. The van der Waals surface area contributed by atoms with Crippen LogP contribution in [0, 0.1) is 5.82 Å². The van der Waals surface area contributed by atoms with Crippen LogP contribution in [-0.4, -0.2) is 29.5 Å². The molecule has 1 unspecified atom stereocenters. The van der Waals surface area contributed by atoms with Gasteiger partial charge in [-0.2, -0.15) is 26.3 Å². The molecule has 2 saturated heterocycles. The normalized spacial score (nSPS) is 24.3. The Balaban J connectivity index is 1.66. The minimum atomic E-state index is -4.96. The zero-order valence-electron chi connectivity index (χ0n) is 17.4. The number of fused-ring (bicyclic) bond motifs is 1. The fourth-order valence-corrected chi connectivity index (χ4v) is 4.73. The van der Waals surface area contributed by atoms with Gasteiger partial charge in [-0.3, -0.25) is 4.79 Å². The number of halogens is 7. The minimum absolute atomic E-state index is 0.0713. The zero-order chi connectivity index (χ0) is 24.1. The Hall–Kier alpha value is -2.62. The maximum absolute atomic E-state index is 13.4. The second-order valence-electron chi connectivity index (χ2n) is 8.39. The number of alkyl halides is 6. The van der Waals surface area contributed by atoms with Crippen LogP contribution in [0.2, 0.25) is 0 Å². The van der Waals surface area contributed by atoms with Crippen LogP contribution in [0.1, 0.15) is 54.0 Å². The van der Waals surface area contributed by atoms with Crippen LogP contribution in [0.3, 0.4) is 0 Å². The van der Waals surface area contributed by atoms with Crippen molar-refractivity contribution in [1.29, 1.82) is 0 Å². The van der Waals surface area contributed by atoms with Crippen LogP contribution in [0.5, 0.6) is 0 Å². The average molecular weight is 475 g/mol. The number of amides is 1. The van der Waals surface area contributed by atoms with Crippen molar-refractivity contribution in [2.24, 2.45) is 0 Å². The van der Waals surface area contributed by atoms with E-state index in [1.165, 1.54) is 19.1 Å². The van der Waals surface area contributed by atoms with Crippen molar-refractivity contribution in [3.63, 3.8) is 0 Å². The van der Waals surface area contributed by atoms with Crippen molar-refractivity contribution >= 4 is 5.91 Å². The molecule has 0 saturated carbocycles. The maximum atomic E-state index is 13.4. The highest BCUT2D eigenvalue weighted by molar-refractivity contribution is 5.79. The van der Waals surface area contributed by atoms with Gasteiger partial charge in [0.2, 0.25) is 5.91 Å². The second-order valence-corrected chi connectivity index (χ2v) is 8.39. The first-order valence-electron chi connectivity index (χ1n) is 10.3. The summed E-state index contributed by atoms with van der Waals surface area (Å²) in [5, 5.41) is 0. The summed E-state index contributed by atoms with van der Waals surface area (Å²) < 4.78 is 98.8. The van der Waals surface area contributed by atoms with Crippen molar-refractivity contribution in [1.82, 2.24) is 4.90 Å². The van der Waals surface area contributed by atoms with Gasteiger partial charge < -0.3 is 9.64 Å². The third kappa shape index (κ3) is 4.71. The molecule has 2 aliphatic heterocycles. The monoisotopic (exact) mass is 475 g/mol. The molecule has 0 spiro atoms. The second kappa shape index (κ2) is 8.30. The predicted octanol–water partition coefficient (Wildman–Crippen LogP) is 6.10. The summed E-state index contributed by atoms with van der Waals surface area (Å²) in [6.07, 6.45) is -10.8. The lowest BCUT2D eigenvalue weighted by Gasteiger charge is -2.27. The summed E-state index contributed by atoms with van der Waals surface area (Å²) in [6, 6.07) is 6.77. The molecular formula is C23H20F7NO2. The van der Waals surface area contributed by atoms with E-state index in [1.807, 2.05) is 0 Å². The quantitative estimate of drug-likeness (QED) is 0.501. The van der Waals surface area contributed by atoms with Gasteiger partial charge in [0.05, 0.1) is 23.3 Å². The smallest absolute Gasteiger partial charge is 0.368 e. The van der Waals surface area contributed by atoms with Crippen molar-refractivity contribution in [3.05, 3.63) is 70.5 Å². The SMILES string of the molecule is C[C@@H](O[C@H]1CN2C(=O)CCC2[C@@H]1c1ccc(F)cc1)c1cc(C(F)(F)F)cc(C(F)(F)F)c1. The Labute approximate surface area is 185 Å². The summed E-state index contributed by atoms with van der Waals surface area (Å²) in [6.45, 7) is 1.53. The molecule has 2 fully saturated rings. The number of nitrogens with zero attached hydrogens (tertiary/aromatic N) is 1. The third-order valence-electron chi connectivity index (χ3n) is 6.28. The van der Waals surface area contributed by atoms with E-state index < -0.39 is 41.5 Å². The Morgan fingerprint density at radius 3 is 2.09 bits per heavy atom. The third-order valence-corrected chi connectivity index (χ3v) is 6.28. The molecule has 2 aromatic rings. The minimum Gasteiger partial charge on any atom is -0.368 e. The van der Waals surface area contributed by atoms with Gasteiger partial charge in [-0.1, -0.05) is 12.1 Å².